The maximum Gasteiger partial charge on any atom is 0.122 e. The van der Waals surface area contributed by atoms with E-state index in [-0.39, 0.29) is 0 Å². The third-order valence-electron chi connectivity index (χ3n) is 3.96. The van der Waals surface area contributed by atoms with Gasteiger partial charge < -0.3 is 10.1 Å². The Kier molecular flexibility index (Phi) is 3.72. The van der Waals surface area contributed by atoms with E-state index < -0.39 is 0 Å². The molecule has 0 bridgehead atoms. The van der Waals surface area contributed by atoms with Crippen molar-refractivity contribution >= 4 is 0 Å². The van der Waals surface area contributed by atoms with Crippen molar-refractivity contribution in [1.29, 1.82) is 0 Å². The number of rotatable bonds is 4. The molecule has 0 amide bonds. The SMILES string of the molecule is CNC(c1ccc2c(c1)CCO2)C(C)C(C)C. The van der Waals surface area contributed by atoms with Crippen molar-refractivity contribution in [2.75, 3.05) is 13.7 Å². The predicted molar refractivity (Wildman–Crippen MR) is 71.4 cm³/mol. The summed E-state index contributed by atoms with van der Waals surface area (Å²) < 4.78 is 5.55. The van der Waals surface area contributed by atoms with Crippen LogP contribution >= 0.6 is 0 Å². The van der Waals surface area contributed by atoms with Gasteiger partial charge in [0.05, 0.1) is 6.61 Å². The summed E-state index contributed by atoms with van der Waals surface area (Å²) in [7, 11) is 2.05. The highest BCUT2D eigenvalue weighted by atomic mass is 16.5. The molecule has 0 aliphatic carbocycles. The van der Waals surface area contributed by atoms with Crippen molar-refractivity contribution in [3.8, 4) is 5.75 Å². The van der Waals surface area contributed by atoms with Gasteiger partial charge >= 0.3 is 0 Å². The zero-order valence-corrected chi connectivity index (χ0v) is 11.3. The van der Waals surface area contributed by atoms with E-state index in [1.165, 1.54) is 11.1 Å². The fraction of sp³-hybridized carbons (Fsp3) is 0.600. The third-order valence-corrected chi connectivity index (χ3v) is 3.96. The minimum atomic E-state index is 0.431. The van der Waals surface area contributed by atoms with E-state index in [1.54, 1.807) is 0 Å². The summed E-state index contributed by atoms with van der Waals surface area (Å²) in [6.45, 7) is 7.72. The molecule has 0 radical (unpaired) electrons. The normalized spacial score (nSPS) is 17.7. The Morgan fingerprint density at radius 1 is 1.24 bits per heavy atom. The van der Waals surface area contributed by atoms with Gasteiger partial charge in [0, 0.05) is 12.5 Å². The van der Waals surface area contributed by atoms with Gasteiger partial charge in [-0.1, -0.05) is 32.9 Å². The Balaban J connectivity index is 2.25. The third kappa shape index (κ3) is 2.47. The fourth-order valence-electron chi connectivity index (χ4n) is 2.52. The van der Waals surface area contributed by atoms with Gasteiger partial charge in [0.1, 0.15) is 5.75 Å². The maximum absolute atomic E-state index is 5.55. The van der Waals surface area contributed by atoms with Gasteiger partial charge in [-0.2, -0.15) is 0 Å². The molecule has 0 fully saturated rings. The lowest BCUT2D eigenvalue weighted by atomic mass is 9.85. The minimum Gasteiger partial charge on any atom is -0.493 e. The highest BCUT2D eigenvalue weighted by Crippen LogP contribution is 2.32. The lowest BCUT2D eigenvalue weighted by Gasteiger charge is -2.27. The van der Waals surface area contributed by atoms with Crippen LogP contribution in [-0.2, 0) is 6.42 Å². The Labute approximate surface area is 104 Å². The van der Waals surface area contributed by atoms with Crippen LogP contribution in [0, 0.1) is 11.8 Å². The van der Waals surface area contributed by atoms with Crippen molar-refractivity contribution < 1.29 is 4.74 Å². The highest BCUT2D eigenvalue weighted by molar-refractivity contribution is 5.40. The van der Waals surface area contributed by atoms with E-state index in [9.17, 15) is 0 Å². The maximum atomic E-state index is 5.55. The molecule has 94 valence electrons. The molecule has 2 heteroatoms. The van der Waals surface area contributed by atoms with Crippen molar-refractivity contribution in [1.82, 2.24) is 5.32 Å². The minimum absolute atomic E-state index is 0.431. The zero-order valence-electron chi connectivity index (χ0n) is 11.3. The van der Waals surface area contributed by atoms with Crippen molar-refractivity contribution in [3.05, 3.63) is 29.3 Å². The summed E-state index contributed by atoms with van der Waals surface area (Å²) in [5.41, 5.74) is 2.75. The molecule has 17 heavy (non-hydrogen) atoms. The molecule has 1 aliphatic rings. The van der Waals surface area contributed by atoms with Crippen LogP contribution in [0.2, 0.25) is 0 Å². The zero-order chi connectivity index (χ0) is 12.4. The standard InChI is InChI=1S/C15H23NO/c1-10(2)11(3)15(16-4)13-5-6-14-12(9-13)7-8-17-14/h5-6,9-11,15-16H,7-8H2,1-4H3. The van der Waals surface area contributed by atoms with Gasteiger partial charge in [-0.05, 0) is 36.1 Å². The van der Waals surface area contributed by atoms with Gasteiger partial charge in [0.2, 0.25) is 0 Å². The quantitative estimate of drug-likeness (QED) is 0.862. The van der Waals surface area contributed by atoms with Gasteiger partial charge in [0.25, 0.3) is 0 Å². The van der Waals surface area contributed by atoms with Gasteiger partial charge in [-0.25, -0.2) is 0 Å². The molecule has 2 atom stereocenters. The first-order chi connectivity index (χ1) is 8.13. The van der Waals surface area contributed by atoms with Crippen LogP contribution in [0.4, 0.5) is 0 Å². The predicted octanol–water partition coefficient (Wildman–Crippen LogP) is 3.17. The van der Waals surface area contributed by atoms with Crippen molar-refractivity contribution in [2.24, 2.45) is 11.8 Å². The molecule has 1 heterocycles. The second-order valence-electron chi connectivity index (χ2n) is 5.34. The molecular formula is C15H23NO. The Hall–Kier alpha value is -1.02. The number of hydrogen-bond acceptors (Lipinski definition) is 2. The van der Waals surface area contributed by atoms with Crippen LogP contribution in [0.15, 0.2) is 18.2 Å². The van der Waals surface area contributed by atoms with E-state index in [4.69, 9.17) is 4.74 Å². The molecule has 0 saturated carbocycles. The molecule has 0 saturated heterocycles. The molecule has 0 aromatic heterocycles. The van der Waals surface area contributed by atoms with E-state index in [0.29, 0.717) is 17.9 Å². The van der Waals surface area contributed by atoms with Gasteiger partial charge in [-0.3, -0.25) is 0 Å². The summed E-state index contributed by atoms with van der Waals surface area (Å²) in [5.74, 6) is 2.37. The first-order valence-electron chi connectivity index (χ1n) is 6.56. The lowest BCUT2D eigenvalue weighted by Crippen LogP contribution is -2.26. The van der Waals surface area contributed by atoms with Crippen LogP contribution in [0.5, 0.6) is 5.75 Å². The largest absolute Gasteiger partial charge is 0.493 e. The number of ether oxygens (including phenoxy) is 1. The fourth-order valence-corrected chi connectivity index (χ4v) is 2.52. The average molecular weight is 233 g/mol. The molecule has 2 nitrogen and oxygen atoms in total. The summed E-state index contributed by atoms with van der Waals surface area (Å²) in [4.78, 5) is 0. The van der Waals surface area contributed by atoms with Crippen LogP contribution in [-0.4, -0.2) is 13.7 Å². The second kappa shape index (κ2) is 5.09. The number of benzene rings is 1. The van der Waals surface area contributed by atoms with Crippen LogP contribution in [0.3, 0.4) is 0 Å². The van der Waals surface area contributed by atoms with Crippen LogP contribution < -0.4 is 10.1 Å². The number of nitrogens with one attached hydrogen (secondary N) is 1. The number of fused-ring (bicyclic) bond motifs is 1. The molecule has 1 aliphatic heterocycles. The molecular weight excluding hydrogens is 210 g/mol. The van der Waals surface area contributed by atoms with Crippen molar-refractivity contribution in [3.63, 3.8) is 0 Å². The smallest absolute Gasteiger partial charge is 0.122 e. The number of hydrogen-bond donors (Lipinski definition) is 1. The second-order valence-corrected chi connectivity index (χ2v) is 5.34. The van der Waals surface area contributed by atoms with Crippen molar-refractivity contribution in [2.45, 2.75) is 33.2 Å². The van der Waals surface area contributed by atoms with Crippen LogP contribution in [0.25, 0.3) is 0 Å². The first-order valence-corrected chi connectivity index (χ1v) is 6.56. The van der Waals surface area contributed by atoms with E-state index in [0.717, 1.165) is 18.8 Å². The van der Waals surface area contributed by atoms with Gasteiger partial charge in [0.15, 0.2) is 0 Å². The summed E-state index contributed by atoms with van der Waals surface area (Å²) >= 11 is 0. The summed E-state index contributed by atoms with van der Waals surface area (Å²) in [6.07, 6.45) is 1.05. The molecule has 1 aromatic carbocycles. The monoisotopic (exact) mass is 233 g/mol. The lowest BCUT2D eigenvalue weighted by molar-refractivity contribution is 0.317. The highest BCUT2D eigenvalue weighted by Gasteiger charge is 2.22. The van der Waals surface area contributed by atoms with Gasteiger partial charge in [-0.15, -0.1) is 0 Å². The summed E-state index contributed by atoms with van der Waals surface area (Å²) in [6, 6.07) is 7.06. The topological polar surface area (TPSA) is 21.3 Å². The Morgan fingerprint density at radius 2 is 2.00 bits per heavy atom. The molecule has 0 spiro atoms. The average Bonchev–Trinajstić information content (AvgIpc) is 2.77. The Morgan fingerprint density at radius 3 is 2.65 bits per heavy atom. The first kappa shape index (κ1) is 12.4. The molecule has 2 unspecified atom stereocenters. The van der Waals surface area contributed by atoms with E-state index in [1.807, 2.05) is 7.05 Å². The van der Waals surface area contributed by atoms with E-state index >= 15 is 0 Å². The Bertz CT molecular complexity index is 387. The van der Waals surface area contributed by atoms with Crippen LogP contribution in [0.1, 0.15) is 37.9 Å². The van der Waals surface area contributed by atoms with E-state index in [2.05, 4.69) is 44.3 Å². The summed E-state index contributed by atoms with van der Waals surface area (Å²) in [5, 5.41) is 3.45. The molecule has 1 N–H and O–H groups in total. The molecule has 1 aromatic rings. The molecule has 2 rings (SSSR count).